The van der Waals surface area contributed by atoms with Crippen molar-refractivity contribution in [1.29, 1.82) is 0 Å². The van der Waals surface area contributed by atoms with E-state index >= 15 is 0 Å². The smallest absolute Gasteiger partial charge is 0.235 e. The Hall–Kier alpha value is -4.54. The first kappa shape index (κ1) is 23.4. The van der Waals surface area contributed by atoms with E-state index in [2.05, 4.69) is 136 Å². The second kappa shape index (κ2) is 9.29. The largest absolute Gasteiger partial charge is 0.278 e. The minimum absolute atomic E-state index is 0.674. The summed E-state index contributed by atoms with van der Waals surface area (Å²) < 4.78 is 3.26. The van der Waals surface area contributed by atoms with Crippen molar-refractivity contribution in [1.82, 2.24) is 14.5 Å². The lowest BCUT2D eigenvalue weighted by molar-refractivity contribution is 1.01. The van der Waals surface area contributed by atoms with E-state index in [-0.39, 0.29) is 0 Å². The zero-order valence-corrected chi connectivity index (χ0v) is 23.3. The minimum Gasteiger partial charge on any atom is -0.278 e. The Morgan fingerprint density at radius 1 is 0.650 bits per heavy atom. The van der Waals surface area contributed by atoms with E-state index in [0.717, 1.165) is 50.5 Å². The van der Waals surface area contributed by atoms with Crippen LogP contribution in [0.1, 0.15) is 18.4 Å². The van der Waals surface area contributed by atoms with Crippen molar-refractivity contribution in [2.45, 2.75) is 12.8 Å². The molecule has 1 aliphatic carbocycles. The van der Waals surface area contributed by atoms with Gasteiger partial charge in [0, 0.05) is 26.2 Å². The molecule has 0 atom stereocenters. The molecule has 0 aliphatic heterocycles. The molecule has 0 radical (unpaired) electrons. The summed E-state index contributed by atoms with van der Waals surface area (Å²) in [6, 6.07) is 36.5. The van der Waals surface area contributed by atoms with E-state index < -0.39 is 0 Å². The second-order valence-electron chi connectivity index (χ2n) is 10.3. The molecule has 3 nitrogen and oxygen atoms in total. The zero-order chi connectivity index (χ0) is 26.6. The highest BCUT2D eigenvalue weighted by molar-refractivity contribution is 9.10. The zero-order valence-electron chi connectivity index (χ0n) is 21.7. The van der Waals surface area contributed by atoms with Crippen LogP contribution in [0.15, 0.2) is 126 Å². The molecule has 0 N–H and O–H groups in total. The second-order valence-corrected chi connectivity index (χ2v) is 11.2. The van der Waals surface area contributed by atoms with Crippen molar-refractivity contribution in [3.8, 4) is 17.2 Å². The number of rotatable bonds is 3. The molecule has 5 aromatic carbocycles. The van der Waals surface area contributed by atoms with Crippen molar-refractivity contribution in [3.63, 3.8) is 0 Å². The maximum absolute atomic E-state index is 5.27. The van der Waals surface area contributed by atoms with Crippen LogP contribution in [0.4, 0.5) is 0 Å². The van der Waals surface area contributed by atoms with Gasteiger partial charge in [0.15, 0.2) is 0 Å². The molecule has 40 heavy (non-hydrogen) atoms. The third-order valence-corrected chi connectivity index (χ3v) is 8.39. The standard InChI is InChI=1S/C36H24BrN3/c37-27-19-21-32-30(22-27)34-28-11-5-4-10-25(28)18-20-33(34)40(32)36-38-31-13-7-6-12-29(31)35(39-36)26-16-14-24(15-17-26)23-8-2-1-3-9-23/h2,4-22H,1,3H2. The Kier molecular flexibility index (Phi) is 5.42. The Balaban J connectivity index is 1.40. The first-order valence-corrected chi connectivity index (χ1v) is 14.4. The molecule has 0 bridgehead atoms. The Morgan fingerprint density at radius 3 is 2.27 bits per heavy atom. The van der Waals surface area contributed by atoms with Gasteiger partial charge in [0.25, 0.3) is 0 Å². The molecule has 0 fully saturated rings. The lowest BCUT2D eigenvalue weighted by Crippen LogP contribution is -2.03. The van der Waals surface area contributed by atoms with Crippen LogP contribution in [0.2, 0.25) is 0 Å². The van der Waals surface area contributed by atoms with Gasteiger partial charge in [0.05, 0.1) is 22.2 Å². The summed E-state index contributed by atoms with van der Waals surface area (Å²) in [5, 5.41) is 5.88. The molecule has 0 unspecified atom stereocenters. The lowest BCUT2D eigenvalue weighted by Gasteiger charge is -2.13. The van der Waals surface area contributed by atoms with Gasteiger partial charge in [-0.15, -0.1) is 0 Å². The maximum atomic E-state index is 5.27. The molecule has 0 saturated heterocycles. The highest BCUT2D eigenvalue weighted by Crippen LogP contribution is 2.38. The number of fused-ring (bicyclic) bond motifs is 6. The topological polar surface area (TPSA) is 30.7 Å². The summed E-state index contributed by atoms with van der Waals surface area (Å²) in [5.41, 5.74) is 7.65. The van der Waals surface area contributed by atoms with Crippen molar-refractivity contribution in [2.24, 2.45) is 0 Å². The van der Waals surface area contributed by atoms with Gasteiger partial charge in [-0.05, 0) is 65.1 Å². The summed E-state index contributed by atoms with van der Waals surface area (Å²) >= 11 is 3.71. The third-order valence-electron chi connectivity index (χ3n) is 7.89. The van der Waals surface area contributed by atoms with Gasteiger partial charge in [-0.3, -0.25) is 4.57 Å². The van der Waals surface area contributed by atoms with Crippen LogP contribution >= 0.6 is 15.9 Å². The molecule has 7 aromatic rings. The van der Waals surface area contributed by atoms with Gasteiger partial charge in [-0.25, -0.2) is 9.97 Å². The fraction of sp³-hybridized carbons (Fsp3) is 0.0556. The first-order valence-electron chi connectivity index (χ1n) is 13.6. The Bertz CT molecular complexity index is 2170. The SMILES string of the molecule is Brc1ccc2c(c1)c1c3ccccc3ccc1n2-c1nc(-c2ccc(C3=CCCC=C3)cc2)c2ccccc2n1. The molecule has 0 amide bonds. The molecule has 2 aromatic heterocycles. The molecule has 2 heterocycles. The summed E-state index contributed by atoms with van der Waals surface area (Å²) in [5.74, 6) is 0.674. The van der Waals surface area contributed by atoms with Crippen molar-refractivity contribution < 1.29 is 0 Å². The quantitative estimate of drug-likeness (QED) is 0.209. The molecule has 8 rings (SSSR count). The molecule has 4 heteroatoms. The van der Waals surface area contributed by atoms with Crippen LogP contribution in [-0.2, 0) is 0 Å². The van der Waals surface area contributed by atoms with Crippen molar-refractivity contribution >= 4 is 65.0 Å². The number of benzene rings is 5. The molecule has 0 spiro atoms. The van der Waals surface area contributed by atoms with E-state index in [0.29, 0.717) is 5.95 Å². The van der Waals surface area contributed by atoms with Crippen LogP contribution in [0, 0.1) is 0 Å². The fourth-order valence-corrected chi connectivity index (χ4v) is 6.37. The van der Waals surface area contributed by atoms with E-state index in [9.17, 15) is 0 Å². The molecular formula is C36H24BrN3. The van der Waals surface area contributed by atoms with Crippen LogP contribution in [-0.4, -0.2) is 14.5 Å². The summed E-state index contributed by atoms with van der Waals surface area (Å²) in [6.07, 6.45) is 9.00. The monoisotopic (exact) mass is 577 g/mol. The average molecular weight is 579 g/mol. The number of para-hydroxylation sites is 1. The van der Waals surface area contributed by atoms with E-state index in [1.54, 1.807) is 0 Å². The maximum Gasteiger partial charge on any atom is 0.235 e. The fourth-order valence-electron chi connectivity index (χ4n) is 6.01. The van der Waals surface area contributed by atoms with Crippen LogP contribution in [0.5, 0.6) is 0 Å². The third kappa shape index (κ3) is 3.71. The van der Waals surface area contributed by atoms with Crippen LogP contribution < -0.4 is 0 Å². The number of halogens is 1. The van der Waals surface area contributed by atoms with Gasteiger partial charge in [-0.2, -0.15) is 0 Å². The summed E-state index contributed by atoms with van der Waals surface area (Å²) in [4.78, 5) is 10.4. The van der Waals surface area contributed by atoms with Gasteiger partial charge in [-0.1, -0.05) is 107 Å². The molecule has 190 valence electrons. The number of allylic oxidation sites excluding steroid dienone is 4. The Morgan fingerprint density at radius 2 is 1.43 bits per heavy atom. The highest BCUT2D eigenvalue weighted by atomic mass is 79.9. The van der Waals surface area contributed by atoms with Crippen molar-refractivity contribution in [2.75, 3.05) is 0 Å². The molecular weight excluding hydrogens is 554 g/mol. The minimum atomic E-state index is 0.674. The van der Waals surface area contributed by atoms with Crippen LogP contribution in [0.25, 0.3) is 66.3 Å². The predicted octanol–water partition coefficient (Wildman–Crippen LogP) is 10.0. The number of nitrogens with zero attached hydrogens (tertiary/aromatic N) is 3. The average Bonchev–Trinajstić information content (AvgIpc) is 3.35. The molecule has 1 aliphatic rings. The van der Waals surface area contributed by atoms with E-state index in [1.807, 2.05) is 6.07 Å². The van der Waals surface area contributed by atoms with Gasteiger partial charge in [0.1, 0.15) is 0 Å². The summed E-state index contributed by atoms with van der Waals surface area (Å²) in [6.45, 7) is 0. The number of hydrogen-bond donors (Lipinski definition) is 0. The van der Waals surface area contributed by atoms with E-state index in [4.69, 9.17) is 9.97 Å². The first-order chi connectivity index (χ1) is 19.7. The van der Waals surface area contributed by atoms with E-state index in [1.165, 1.54) is 32.7 Å². The van der Waals surface area contributed by atoms with Gasteiger partial charge < -0.3 is 0 Å². The summed E-state index contributed by atoms with van der Waals surface area (Å²) in [7, 11) is 0. The van der Waals surface area contributed by atoms with Crippen LogP contribution in [0.3, 0.4) is 0 Å². The lowest BCUT2D eigenvalue weighted by atomic mass is 9.97. The predicted molar refractivity (Wildman–Crippen MR) is 171 cm³/mol. The van der Waals surface area contributed by atoms with Crippen molar-refractivity contribution in [3.05, 3.63) is 131 Å². The Labute approximate surface area is 240 Å². The number of aromatic nitrogens is 3. The molecule has 0 saturated carbocycles. The normalized spacial score (nSPS) is 13.5. The van der Waals surface area contributed by atoms with Gasteiger partial charge >= 0.3 is 0 Å². The number of hydrogen-bond acceptors (Lipinski definition) is 2. The van der Waals surface area contributed by atoms with Gasteiger partial charge in [0.2, 0.25) is 5.95 Å². The highest BCUT2D eigenvalue weighted by Gasteiger charge is 2.19.